The molecule has 0 radical (unpaired) electrons. The summed E-state index contributed by atoms with van der Waals surface area (Å²) in [6.07, 6.45) is -3.78. The summed E-state index contributed by atoms with van der Waals surface area (Å²) in [5.74, 6) is -11.6. The molecule has 27 heteroatoms. The Morgan fingerprint density at radius 1 is 0.400 bits per heavy atom. The smallest absolute Gasteiger partial charge is 0.328 e. The number of phenols is 2. The number of amides is 9. The van der Waals surface area contributed by atoms with Gasteiger partial charge in [0.05, 0.1) is 32.0 Å². The minimum absolute atomic E-state index is 0.0362. The van der Waals surface area contributed by atoms with Gasteiger partial charge in [0.1, 0.15) is 59.8 Å². The highest BCUT2D eigenvalue weighted by atomic mass is 16.4. The summed E-state index contributed by atoms with van der Waals surface area (Å²) in [6.45, 7) is 2.90. The molecule has 0 aromatic heterocycles. The monoisotopic (exact) mass is 1180 g/mol. The zero-order valence-electron chi connectivity index (χ0n) is 47.3. The standard InChI is InChI=1S/C58H76N10O17/c1-5-31(2)47(56(82)68-49(33(4)72)58(84)85)66-53(79)43(27-37-18-22-39(74)23-19-37)61-50(76)41(26-36-16-20-38(73)21-17-36)62-54(80)44(29-69)65-55(81)45(30-70)64-51(77)42(25-35-14-10-7-11-15-35)63-57(83)48(32(3)71)67-52(78)40(60-46(75)28-59)24-34-12-8-6-9-13-34/h6-23,31-33,40-45,47-49,69-74H,5,24-30,59H2,1-4H3,(H,60,75)(H,61,76)(H,62,80)(H,63,83)(H,64,77)(H,65,81)(H,66,79)(H,67,78)(H,68,82)(H,84,85)/t31-,32+,33+,40-,41-,42-,43-,44-,45-,47-,48-,49-/m0/s1. The molecule has 85 heavy (non-hydrogen) atoms. The van der Waals surface area contributed by atoms with Crippen LogP contribution >= 0.6 is 0 Å². The third-order valence-electron chi connectivity index (χ3n) is 13.6. The van der Waals surface area contributed by atoms with Crippen LogP contribution in [0.2, 0.25) is 0 Å². The SMILES string of the molecule is CC[C@H](C)[C@H](NC(=O)[C@H](Cc1ccc(O)cc1)NC(=O)[C@H](Cc1ccc(O)cc1)NC(=O)[C@H](CO)NC(=O)[C@H](CO)NC(=O)[C@H](Cc1ccccc1)NC(=O)[C@@H](NC(=O)[C@H](Cc1ccccc1)NC(=O)CN)[C@@H](C)O)C(=O)N[C@H](C(=O)O)[C@@H](C)O. The molecule has 0 spiro atoms. The third kappa shape index (κ3) is 21.9. The summed E-state index contributed by atoms with van der Waals surface area (Å²) >= 11 is 0. The van der Waals surface area contributed by atoms with E-state index >= 15 is 0 Å². The maximum absolute atomic E-state index is 14.5. The summed E-state index contributed by atoms with van der Waals surface area (Å²) < 4.78 is 0. The predicted octanol–water partition coefficient (Wildman–Crippen LogP) is -3.43. The second-order valence-corrected chi connectivity index (χ2v) is 20.3. The summed E-state index contributed by atoms with van der Waals surface area (Å²) in [5, 5.41) is 93.1. The second-order valence-electron chi connectivity index (χ2n) is 20.3. The van der Waals surface area contributed by atoms with Crippen LogP contribution in [0.4, 0.5) is 0 Å². The lowest BCUT2D eigenvalue weighted by Crippen LogP contribution is -2.63. The largest absolute Gasteiger partial charge is 0.508 e. The molecule has 0 fully saturated rings. The number of phenolic OH excluding ortho intramolecular Hbond substituents is 2. The van der Waals surface area contributed by atoms with E-state index in [0.717, 1.165) is 6.92 Å². The molecule has 12 atom stereocenters. The van der Waals surface area contributed by atoms with Gasteiger partial charge < -0.3 is 89.3 Å². The van der Waals surface area contributed by atoms with Gasteiger partial charge in [0.15, 0.2) is 6.04 Å². The number of nitrogens with one attached hydrogen (secondary N) is 9. The average Bonchev–Trinajstić information content (AvgIpc) is 3.56. The highest BCUT2D eigenvalue weighted by Gasteiger charge is 2.38. The van der Waals surface area contributed by atoms with Gasteiger partial charge in [-0.3, -0.25) is 43.2 Å². The summed E-state index contributed by atoms with van der Waals surface area (Å²) in [6, 6.07) is 12.9. The van der Waals surface area contributed by atoms with Crippen LogP contribution in [0, 0.1) is 5.92 Å². The first kappa shape index (κ1) is 68.5. The summed E-state index contributed by atoms with van der Waals surface area (Å²) in [7, 11) is 0. The van der Waals surface area contributed by atoms with E-state index in [4.69, 9.17) is 5.73 Å². The van der Waals surface area contributed by atoms with E-state index in [1.54, 1.807) is 74.5 Å². The van der Waals surface area contributed by atoms with Crippen LogP contribution in [-0.4, -0.2) is 181 Å². The van der Waals surface area contributed by atoms with Crippen molar-refractivity contribution in [2.24, 2.45) is 11.7 Å². The number of nitrogens with two attached hydrogens (primary N) is 1. The number of aromatic hydroxyl groups is 2. The van der Waals surface area contributed by atoms with Gasteiger partial charge in [0, 0.05) is 25.7 Å². The molecule has 0 bridgehead atoms. The molecule has 0 unspecified atom stereocenters. The number of rotatable bonds is 33. The van der Waals surface area contributed by atoms with Crippen molar-refractivity contribution in [3.8, 4) is 11.5 Å². The van der Waals surface area contributed by atoms with E-state index in [1.165, 1.54) is 55.5 Å². The van der Waals surface area contributed by atoms with Crippen molar-refractivity contribution < 1.29 is 83.7 Å². The minimum Gasteiger partial charge on any atom is -0.508 e. The van der Waals surface area contributed by atoms with Crippen LogP contribution in [0.15, 0.2) is 109 Å². The lowest BCUT2D eigenvalue weighted by atomic mass is 9.96. The molecule has 4 aromatic carbocycles. The van der Waals surface area contributed by atoms with Crippen LogP contribution in [0.25, 0.3) is 0 Å². The Hall–Kier alpha value is -9.02. The molecule has 18 N–H and O–H groups in total. The van der Waals surface area contributed by atoms with Crippen LogP contribution in [0.3, 0.4) is 0 Å². The second kappa shape index (κ2) is 33.9. The molecule has 460 valence electrons. The first-order chi connectivity index (χ1) is 40.4. The van der Waals surface area contributed by atoms with Gasteiger partial charge in [0.25, 0.3) is 0 Å². The van der Waals surface area contributed by atoms with E-state index in [-0.39, 0.29) is 43.6 Å². The van der Waals surface area contributed by atoms with Gasteiger partial charge in [-0.05, 0) is 66.3 Å². The number of aliphatic carboxylic acids is 1. The predicted molar refractivity (Wildman–Crippen MR) is 305 cm³/mol. The summed E-state index contributed by atoms with van der Waals surface area (Å²) in [4.78, 5) is 136. The molecular formula is C58H76N10O17. The molecule has 0 heterocycles. The van der Waals surface area contributed by atoms with Gasteiger partial charge >= 0.3 is 5.97 Å². The van der Waals surface area contributed by atoms with Gasteiger partial charge in [0.2, 0.25) is 53.2 Å². The number of carbonyl (C=O) groups excluding carboxylic acids is 9. The van der Waals surface area contributed by atoms with E-state index in [2.05, 4.69) is 47.9 Å². The Morgan fingerprint density at radius 2 is 0.694 bits per heavy atom. The number of hydrogen-bond donors (Lipinski definition) is 17. The fourth-order valence-electron chi connectivity index (χ4n) is 8.51. The van der Waals surface area contributed by atoms with Crippen LogP contribution in [0.1, 0.15) is 56.4 Å². The van der Waals surface area contributed by atoms with Gasteiger partial charge in [-0.1, -0.05) is 105 Å². The maximum Gasteiger partial charge on any atom is 0.328 e. The minimum atomic E-state index is -1.91. The first-order valence-electron chi connectivity index (χ1n) is 27.2. The van der Waals surface area contributed by atoms with Gasteiger partial charge in [-0.2, -0.15) is 0 Å². The van der Waals surface area contributed by atoms with E-state index in [1.807, 2.05) is 0 Å². The number of aliphatic hydroxyl groups is 4. The summed E-state index contributed by atoms with van der Waals surface area (Å²) in [5.41, 5.74) is 7.33. The van der Waals surface area contributed by atoms with Crippen molar-refractivity contribution in [3.63, 3.8) is 0 Å². The van der Waals surface area contributed by atoms with Gasteiger partial charge in [-0.15, -0.1) is 0 Å². The number of aliphatic hydroxyl groups excluding tert-OH is 4. The van der Waals surface area contributed by atoms with Crippen LogP contribution < -0.4 is 53.6 Å². The Morgan fingerprint density at radius 3 is 1.04 bits per heavy atom. The first-order valence-corrected chi connectivity index (χ1v) is 27.2. The highest BCUT2D eigenvalue weighted by Crippen LogP contribution is 2.16. The molecule has 0 aliphatic carbocycles. The molecule has 4 rings (SSSR count). The van der Waals surface area contributed by atoms with Crippen molar-refractivity contribution in [1.29, 1.82) is 0 Å². The van der Waals surface area contributed by atoms with E-state index in [0.29, 0.717) is 22.3 Å². The van der Waals surface area contributed by atoms with E-state index in [9.17, 15) is 83.7 Å². The van der Waals surface area contributed by atoms with Crippen molar-refractivity contribution in [3.05, 3.63) is 131 Å². The lowest BCUT2D eigenvalue weighted by Gasteiger charge is -2.29. The molecule has 0 aliphatic rings. The molecule has 0 saturated heterocycles. The third-order valence-corrected chi connectivity index (χ3v) is 13.6. The molecule has 9 amide bonds. The number of carboxylic acid groups (broad SMARTS) is 1. The van der Waals surface area contributed by atoms with Crippen molar-refractivity contribution in [2.45, 2.75) is 126 Å². The fourth-order valence-corrected chi connectivity index (χ4v) is 8.51. The van der Waals surface area contributed by atoms with Crippen molar-refractivity contribution >= 4 is 59.1 Å². The topological polar surface area (TPSA) is 447 Å². The number of carboxylic acids is 1. The van der Waals surface area contributed by atoms with Crippen molar-refractivity contribution in [2.75, 3.05) is 19.8 Å². The number of hydrogen-bond acceptors (Lipinski definition) is 17. The lowest BCUT2D eigenvalue weighted by molar-refractivity contribution is -0.145. The molecule has 27 nitrogen and oxygen atoms in total. The van der Waals surface area contributed by atoms with Crippen molar-refractivity contribution in [1.82, 2.24) is 47.9 Å². The normalized spacial score (nSPS) is 15.3. The van der Waals surface area contributed by atoms with Gasteiger partial charge in [-0.25, -0.2) is 4.79 Å². The van der Waals surface area contributed by atoms with Crippen LogP contribution in [-0.2, 0) is 73.6 Å². The molecule has 0 saturated carbocycles. The molecule has 0 aliphatic heterocycles. The number of benzene rings is 4. The molecular weight excluding hydrogens is 1110 g/mol. The number of carbonyl (C=O) groups is 10. The fraction of sp³-hybridized carbons (Fsp3) is 0.414. The van der Waals surface area contributed by atoms with Crippen LogP contribution in [0.5, 0.6) is 11.5 Å². The quantitative estimate of drug-likeness (QED) is 0.0221. The Kier molecular flexibility index (Phi) is 27.3. The Balaban J connectivity index is 1.59. The zero-order valence-corrected chi connectivity index (χ0v) is 47.3. The zero-order chi connectivity index (χ0) is 62.9. The molecule has 4 aromatic rings. The van der Waals surface area contributed by atoms with E-state index < -0.39 is 151 Å². The average molecular weight is 1190 g/mol. The highest BCUT2D eigenvalue weighted by molar-refractivity contribution is 5.99. The Labute approximate surface area is 489 Å². The Bertz CT molecular complexity index is 2880. The maximum atomic E-state index is 14.5.